The number of nitrogens with zero attached hydrogens (tertiary/aromatic N) is 4. The number of aromatic nitrogens is 3. The van der Waals surface area contributed by atoms with Crippen molar-refractivity contribution in [2.75, 3.05) is 0 Å². The SMILES string of the molecule is O=[N+]([O-])c1ccc(Oc2ncnc3ccc(Cl)n23)c(F)c1. The van der Waals surface area contributed by atoms with Crippen LogP contribution in [0.2, 0.25) is 5.15 Å². The normalized spacial score (nSPS) is 10.8. The molecule has 3 aromatic rings. The van der Waals surface area contributed by atoms with Crippen molar-refractivity contribution in [3.63, 3.8) is 0 Å². The van der Waals surface area contributed by atoms with Crippen LogP contribution >= 0.6 is 11.6 Å². The molecule has 21 heavy (non-hydrogen) atoms. The van der Waals surface area contributed by atoms with E-state index >= 15 is 0 Å². The summed E-state index contributed by atoms with van der Waals surface area (Å²) in [5.74, 6) is -1.08. The van der Waals surface area contributed by atoms with Gasteiger partial charge >= 0.3 is 6.01 Å². The highest BCUT2D eigenvalue weighted by Gasteiger charge is 2.15. The van der Waals surface area contributed by atoms with Gasteiger partial charge in [-0.2, -0.15) is 4.98 Å². The molecule has 0 aliphatic heterocycles. The number of non-ortho nitro benzene ring substituents is 1. The van der Waals surface area contributed by atoms with E-state index in [1.54, 1.807) is 12.1 Å². The van der Waals surface area contributed by atoms with Crippen LogP contribution in [0.5, 0.6) is 11.8 Å². The molecule has 0 spiro atoms. The van der Waals surface area contributed by atoms with Crippen LogP contribution in [0, 0.1) is 15.9 Å². The zero-order valence-corrected chi connectivity index (χ0v) is 11.0. The molecule has 0 saturated heterocycles. The molecule has 1 aromatic carbocycles. The lowest BCUT2D eigenvalue weighted by Crippen LogP contribution is -2.00. The summed E-state index contributed by atoms with van der Waals surface area (Å²) in [4.78, 5) is 17.7. The predicted octanol–water partition coefficient (Wildman–Crippen LogP) is 3.22. The average molecular weight is 309 g/mol. The minimum atomic E-state index is -0.876. The van der Waals surface area contributed by atoms with E-state index in [2.05, 4.69) is 9.97 Å². The standard InChI is InChI=1S/C12H6ClFN4O3/c13-10-3-4-11-15-6-16-12(17(10)11)21-9-2-1-7(18(19)20)5-8(9)14/h1-6H. The fourth-order valence-corrected chi connectivity index (χ4v) is 1.97. The summed E-state index contributed by atoms with van der Waals surface area (Å²) in [5.41, 5.74) is 0.110. The molecule has 0 amide bonds. The summed E-state index contributed by atoms with van der Waals surface area (Å²) in [6.45, 7) is 0. The number of fused-ring (bicyclic) bond motifs is 1. The van der Waals surface area contributed by atoms with Crippen LogP contribution in [-0.2, 0) is 0 Å². The molecule has 0 unspecified atom stereocenters. The van der Waals surface area contributed by atoms with Gasteiger partial charge in [-0.05, 0) is 18.2 Å². The first kappa shape index (κ1) is 13.3. The quantitative estimate of drug-likeness (QED) is 0.548. The molecule has 0 aliphatic carbocycles. The Kier molecular flexibility index (Phi) is 3.15. The van der Waals surface area contributed by atoms with E-state index in [1.165, 1.54) is 10.7 Å². The number of hydrogen-bond donors (Lipinski definition) is 0. The molecular formula is C12H6ClFN4O3. The number of halogens is 2. The summed E-state index contributed by atoms with van der Waals surface area (Å²) in [6.07, 6.45) is 1.24. The monoisotopic (exact) mass is 308 g/mol. The third-order valence-electron chi connectivity index (χ3n) is 2.69. The second-order valence-corrected chi connectivity index (χ2v) is 4.37. The molecule has 0 N–H and O–H groups in total. The van der Waals surface area contributed by atoms with Crippen molar-refractivity contribution < 1.29 is 14.1 Å². The van der Waals surface area contributed by atoms with Gasteiger partial charge in [0.05, 0.1) is 11.0 Å². The summed E-state index contributed by atoms with van der Waals surface area (Å²) >= 11 is 5.97. The van der Waals surface area contributed by atoms with Gasteiger partial charge in [0.1, 0.15) is 17.1 Å². The van der Waals surface area contributed by atoms with Crippen LogP contribution in [0.15, 0.2) is 36.7 Å². The van der Waals surface area contributed by atoms with Crippen LogP contribution in [-0.4, -0.2) is 19.3 Å². The number of benzene rings is 1. The second kappa shape index (κ2) is 4.98. The molecule has 0 fully saturated rings. The topological polar surface area (TPSA) is 82.6 Å². The molecule has 0 bridgehead atoms. The highest BCUT2D eigenvalue weighted by molar-refractivity contribution is 6.30. The van der Waals surface area contributed by atoms with Gasteiger partial charge in [0.2, 0.25) is 0 Å². The van der Waals surface area contributed by atoms with Crippen molar-refractivity contribution in [1.29, 1.82) is 0 Å². The number of nitro groups is 1. The van der Waals surface area contributed by atoms with E-state index in [4.69, 9.17) is 16.3 Å². The van der Waals surface area contributed by atoms with Gasteiger partial charge in [-0.15, -0.1) is 0 Å². The Morgan fingerprint density at radius 3 is 2.81 bits per heavy atom. The summed E-state index contributed by atoms with van der Waals surface area (Å²) in [7, 11) is 0. The van der Waals surface area contributed by atoms with Gasteiger partial charge in [-0.3, -0.25) is 10.1 Å². The van der Waals surface area contributed by atoms with E-state index in [0.717, 1.165) is 18.2 Å². The Morgan fingerprint density at radius 1 is 1.29 bits per heavy atom. The molecule has 0 radical (unpaired) electrons. The molecule has 2 aromatic heterocycles. The lowest BCUT2D eigenvalue weighted by atomic mass is 10.3. The van der Waals surface area contributed by atoms with Crippen molar-refractivity contribution in [3.8, 4) is 11.8 Å². The summed E-state index contributed by atoms with van der Waals surface area (Å²) in [6, 6.07) is 6.29. The Labute approximate surface area is 121 Å². The highest BCUT2D eigenvalue weighted by Crippen LogP contribution is 2.28. The lowest BCUT2D eigenvalue weighted by Gasteiger charge is -2.07. The highest BCUT2D eigenvalue weighted by atomic mass is 35.5. The molecule has 3 rings (SSSR count). The third kappa shape index (κ3) is 2.36. The molecule has 0 aliphatic rings. The lowest BCUT2D eigenvalue weighted by molar-refractivity contribution is -0.385. The first-order valence-corrected chi connectivity index (χ1v) is 6.04. The van der Waals surface area contributed by atoms with E-state index < -0.39 is 10.7 Å². The fourth-order valence-electron chi connectivity index (χ4n) is 1.74. The van der Waals surface area contributed by atoms with E-state index in [0.29, 0.717) is 10.8 Å². The van der Waals surface area contributed by atoms with Gasteiger partial charge in [0.25, 0.3) is 5.69 Å². The number of nitro benzene ring substituents is 1. The molecule has 9 heteroatoms. The van der Waals surface area contributed by atoms with Gasteiger partial charge in [-0.25, -0.2) is 13.8 Å². The minimum Gasteiger partial charge on any atom is -0.422 e. The summed E-state index contributed by atoms with van der Waals surface area (Å²) < 4.78 is 20.5. The van der Waals surface area contributed by atoms with E-state index in [1.807, 2.05) is 0 Å². The van der Waals surface area contributed by atoms with E-state index in [9.17, 15) is 14.5 Å². The third-order valence-corrected chi connectivity index (χ3v) is 2.98. The first-order valence-electron chi connectivity index (χ1n) is 5.66. The van der Waals surface area contributed by atoms with Gasteiger partial charge in [0, 0.05) is 6.07 Å². The van der Waals surface area contributed by atoms with Crippen molar-refractivity contribution in [3.05, 3.63) is 57.7 Å². The Balaban J connectivity index is 2.03. The van der Waals surface area contributed by atoms with Crippen molar-refractivity contribution in [2.24, 2.45) is 0 Å². The average Bonchev–Trinajstić information content (AvgIpc) is 2.83. The van der Waals surface area contributed by atoms with Crippen LogP contribution in [0.1, 0.15) is 0 Å². The van der Waals surface area contributed by atoms with Crippen molar-refractivity contribution >= 4 is 22.9 Å². The molecule has 0 atom stereocenters. The van der Waals surface area contributed by atoms with Crippen LogP contribution < -0.4 is 4.74 Å². The van der Waals surface area contributed by atoms with Gasteiger partial charge in [-0.1, -0.05) is 11.6 Å². The van der Waals surface area contributed by atoms with Crippen LogP contribution in [0.3, 0.4) is 0 Å². The molecule has 0 saturated carbocycles. The van der Waals surface area contributed by atoms with E-state index in [-0.39, 0.29) is 17.4 Å². The maximum absolute atomic E-state index is 13.8. The summed E-state index contributed by atoms with van der Waals surface area (Å²) in [5, 5.41) is 10.9. The minimum absolute atomic E-state index is 0.00255. The Morgan fingerprint density at radius 2 is 2.10 bits per heavy atom. The van der Waals surface area contributed by atoms with Gasteiger partial charge < -0.3 is 4.74 Å². The molecular weight excluding hydrogens is 303 g/mol. The first-order chi connectivity index (χ1) is 10.1. The Bertz CT molecular complexity index is 852. The second-order valence-electron chi connectivity index (χ2n) is 3.98. The molecule has 106 valence electrons. The number of hydrogen-bond acceptors (Lipinski definition) is 5. The largest absolute Gasteiger partial charge is 0.422 e. The predicted molar refractivity (Wildman–Crippen MR) is 71.1 cm³/mol. The molecule has 7 nitrogen and oxygen atoms in total. The van der Waals surface area contributed by atoms with Crippen LogP contribution in [0.4, 0.5) is 10.1 Å². The zero-order chi connectivity index (χ0) is 15.0. The number of rotatable bonds is 3. The van der Waals surface area contributed by atoms with Crippen molar-refractivity contribution in [1.82, 2.24) is 14.4 Å². The van der Waals surface area contributed by atoms with Gasteiger partial charge in [0.15, 0.2) is 11.6 Å². The fraction of sp³-hybridized carbons (Fsp3) is 0. The van der Waals surface area contributed by atoms with Crippen LogP contribution in [0.25, 0.3) is 5.65 Å². The van der Waals surface area contributed by atoms with Crippen molar-refractivity contribution in [2.45, 2.75) is 0 Å². The Hall–Kier alpha value is -2.74. The molecule has 2 heterocycles. The maximum Gasteiger partial charge on any atom is 0.310 e. The number of ether oxygens (including phenoxy) is 1. The smallest absolute Gasteiger partial charge is 0.310 e. The maximum atomic E-state index is 13.8. The zero-order valence-electron chi connectivity index (χ0n) is 10.2.